The van der Waals surface area contributed by atoms with E-state index in [1.807, 2.05) is 52.1 Å². The number of carbonyl (C=O) groups excluding carboxylic acids is 1. The van der Waals surface area contributed by atoms with Gasteiger partial charge >= 0.3 is 0 Å². The van der Waals surface area contributed by atoms with Gasteiger partial charge in [0.2, 0.25) is 11.9 Å². The highest BCUT2D eigenvalue weighted by Crippen LogP contribution is 2.41. The number of nitrogens with one attached hydrogen (secondary N) is 1. The molecule has 3 aliphatic rings. The number of nitriles is 1. The van der Waals surface area contributed by atoms with Crippen molar-refractivity contribution in [1.82, 2.24) is 34.2 Å². The molecule has 5 heterocycles. The Morgan fingerprint density at radius 3 is 2.73 bits per heavy atom. The van der Waals surface area contributed by atoms with E-state index in [1.165, 1.54) is 0 Å². The van der Waals surface area contributed by atoms with Crippen molar-refractivity contribution < 1.29 is 9.53 Å². The highest BCUT2D eigenvalue weighted by Gasteiger charge is 2.43. The van der Waals surface area contributed by atoms with Crippen LogP contribution in [-0.4, -0.2) is 92.5 Å². The Kier molecular flexibility index (Phi) is 7.89. The van der Waals surface area contributed by atoms with Crippen LogP contribution in [0.5, 0.6) is 0 Å². The van der Waals surface area contributed by atoms with E-state index in [1.54, 1.807) is 10.9 Å². The van der Waals surface area contributed by atoms with Crippen LogP contribution in [0, 0.1) is 23.2 Å². The van der Waals surface area contributed by atoms with Crippen LogP contribution in [0.25, 0.3) is 5.65 Å². The van der Waals surface area contributed by atoms with Crippen molar-refractivity contribution in [3.8, 4) is 6.07 Å². The number of piperazine rings is 1. The minimum atomic E-state index is 0.173. The van der Waals surface area contributed by atoms with Gasteiger partial charge in [-0.2, -0.15) is 15.3 Å². The summed E-state index contributed by atoms with van der Waals surface area (Å²) in [5.41, 5.74) is 4.38. The van der Waals surface area contributed by atoms with Gasteiger partial charge in [0.05, 0.1) is 41.9 Å². The molecule has 1 unspecified atom stereocenters. The Morgan fingerprint density at radius 1 is 1.11 bits per heavy atom. The molecule has 2 bridgehead atoms. The second-order valence-electron chi connectivity index (χ2n) is 12.2. The van der Waals surface area contributed by atoms with Crippen molar-refractivity contribution >= 4 is 28.9 Å². The first-order valence-corrected chi connectivity index (χ1v) is 15.5. The quantitative estimate of drug-likeness (QED) is 0.312. The summed E-state index contributed by atoms with van der Waals surface area (Å²) in [6.07, 6.45) is 8.51. The zero-order chi connectivity index (χ0) is 30.0. The number of likely N-dealkylation sites (N-methyl/N-ethyl adjacent to an activating group) is 1. The molecule has 1 N–H and O–H groups in total. The molecule has 228 valence electrons. The number of pyridine rings is 1. The monoisotopic (exact) mass is 594 g/mol. The number of ether oxygens (including phenoxy) is 1. The van der Waals surface area contributed by atoms with E-state index in [0.29, 0.717) is 42.9 Å². The number of hydrogen-bond acceptors (Lipinski definition) is 9. The molecule has 0 spiro atoms. The number of fused-ring (bicyclic) bond motifs is 3. The third-order valence-corrected chi connectivity index (χ3v) is 9.23. The minimum absolute atomic E-state index is 0.173. The summed E-state index contributed by atoms with van der Waals surface area (Å²) in [6.45, 7) is 6.30. The molecule has 1 saturated carbocycles. The molecule has 1 aliphatic carbocycles. The molecule has 7 rings (SSSR count). The number of benzene rings is 1. The van der Waals surface area contributed by atoms with Crippen LogP contribution in [0.1, 0.15) is 30.4 Å². The number of anilines is 3. The number of aryl methyl sites for hydroxylation is 1. The van der Waals surface area contributed by atoms with Crippen LogP contribution < -0.4 is 10.2 Å². The standard InChI is InChI=1S/C32H38N10O2/c1-38-12-14-39(15-13-38)29(43)9-11-41-21-27(18-34-41)35-32-36-31-28(6-3-10-42(31)37-32)40-19-25-7-8-26(20-40)30(25)44-22-24-5-2-4-23(16-24)17-33/h2-6,10,16,18,21,25-26,30H,7-9,11-15,19-20,22H2,1H3,(H,35,37)/t25-,26+,30?. The Bertz CT molecular complexity index is 1650. The zero-order valence-corrected chi connectivity index (χ0v) is 25.0. The first kappa shape index (κ1) is 28.3. The van der Waals surface area contributed by atoms with Crippen LogP contribution in [0.2, 0.25) is 0 Å². The van der Waals surface area contributed by atoms with Crippen LogP contribution in [0.4, 0.5) is 17.3 Å². The molecule has 2 saturated heterocycles. The molecule has 3 fully saturated rings. The molecule has 12 nitrogen and oxygen atoms in total. The fraction of sp³-hybridized carbons (Fsp3) is 0.469. The fourth-order valence-corrected chi connectivity index (χ4v) is 6.86. The molecule has 0 radical (unpaired) electrons. The summed E-state index contributed by atoms with van der Waals surface area (Å²) in [6, 6.07) is 14.0. The lowest BCUT2D eigenvalue weighted by Crippen LogP contribution is -2.47. The zero-order valence-electron chi connectivity index (χ0n) is 25.0. The number of amides is 1. The van der Waals surface area contributed by atoms with Crippen LogP contribution in [-0.2, 0) is 22.7 Å². The Labute approximate surface area is 256 Å². The second-order valence-corrected chi connectivity index (χ2v) is 12.2. The van der Waals surface area contributed by atoms with Gasteiger partial charge in [-0.05, 0) is 49.7 Å². The van der Waals surface area contributed by atoms with Crippen molar-refractivity contribution in [1.29, 1.82) is 5.26 Å². The minimum Gasteiger partial charge on any atom is -0.373 e. The highest BCUT2D eigenvalue weighted by molar-refractivity contribution is 5.76. The summed E-state index contributed by atoms with van der Waals surface area (Å²) >= 11 is 0. The van der Waals surface area contributed by atoms with Gasteiger partial charge in [0, 0.05) is 76.5 Å². The topological polar surface area (TPSA) is 120 Å². The smallest absolute Gasteiger partial charge is 0.247 e. The molecule has 44 heavy (non-hydrogen) atoms. The normalized spacial score (nSPS) is 22.0. The molecular formula is C32H38N10O2. The Balaban J connectivity index is 0.972. The molecule has 3 aromatic heterocycles. The molecule has 12 heteroatoms. The predicted octanol–water partition coefficient (Wildman–Crippen LogP) is 3.14. The second kappa shape index (κ2) is 12.3. The molecule has 1 aromatic carbocycles. The third kappa shape index (κ3) is 5.98. The lowest BCUT2D eigenvalue weighted by Gasteiger charge is -2.39. The van der Waals surface area contributed by atoms with E-state index < -0.39 is 0 Å². The average Bonchev–Trinajstić information content (AvgIpc) is 3.73. The molecular weight excluding hydrogens is 556 g/mol. The summed E-state index contributed by atoms with van der Waals surface area (Å²) in [4.78, 5) is 24.1. The lowest BCUT2D eigenvalue weighted by molar-refractivity contribution is -0.133. The summed E-state index contributed by atoms with van der Waals surface area (Å²) in [7, 11) is 2.09. The van der Waals surface area contributed by atoms with Crippen molar-refractivity contribution in [3.63, 3.8) is 0 Å². The number of aromatic nitrogens is 5. The summed E-state index contributed by atoms with van der Waals surface area (Å²) in [5, 5.41) is 21.6. The molecule has 3 atom stereocenters. The van der Waals surface area contributed by atoms with Crippen LogP contribution in [0.3, 0.4) is 0 Å². The SMILES string of the molecule is CN1CCN(C(=O)CCn2cc(Nc3nc4c(N5C[C@H]6CC[C@@H](C5)C6OCc5cccc(C#N)c5)cccn4n3)cn2)CC1. The molecule has 2 aliphatic heterocycles. The maximum Gasteiger partial charge on any atom is 0.247 e. The van der Waals surface area contributed by atoms with E-state index in [2.05, 4.69) is 44.5 Å². The largest absolute Gasteiger partial charge is 0.373 e. The van der Waals surface area contributed by atoms with E-state index in [9.17, 15) is 10.1 Å². The lowest BCUT2D eigenvalue weighted by atomic mass is 9.94. The number of hydrogen-bond donors (Lipinski definition) is 1. The summed E-state index contributed by atoms with van der Waals surface area (Å²) in [5.74, 6) is 1.57. The number of carbonyl (C=O) groups is 1. The highest BCUT2D eigenvalue weighted by atomic mass is 16.5. The third-order valence-electron chi connectivity index (χ3n) is 9.23. The van der Waals surface area contributed by atoms with E-state index >= 15 is 0 Å². The number of nitrogens with zero attached hydrogens (tertiary/aromatic N) is 9. The van der Waals surface area contributed by atoms with Gasteiger partial charge < -0.3 is 24.8 Å². The molecule has 4 aromatic rings. The van der Waals surface area contributed by atoms with Gasteiger partial charge in [-0.25, -0.2) is 4.52 Å². The van der Waals surface area contributed by atoms with Crippen LogP contribution >= 0.6 is 0 Å². The van der Waals surface area contributed by atoms with Crippen molar-refractivity contribution in [2.75, 3.05) is 56.5 Å². The van der Waals surface area contributed by atoms with Gasteiger partial charge in [-0.3, -0.25) is 9.48 Å². The maximum absolute atomic E-state index is 12.6. The molecule has 1 amide bonds. The fourth-order valence-electron chi connectivity index (χ4n) is 6.86. The van der Waals surface area contributed by atoms with E-state index in [0.717, 1.165) is 74.7 Å². The Hall–Kier alpha value is -4.47. The first-order chi connectivity index (χ1) is 21.5. The average molecular weight is 595 g/mol. The van der Waals surface area contributed by atoms with Crippen molar-refractivity contribution in [3.05, 3.63) is 66.1 Å². The van der Waals surface area contributed by atoms with Crippen LogP contribution in [0.15, 0.2) is 55.0 Å². The maximum atomic E-state index is 12.6. The van der Waals surface area contributed by atoms with Gasteiger partial charge in [-0.15, -0.1) is 5.10 Å². The van der Waals surface area contributed by atoms with Gasteiger partial charge in [0.15, 0.2) is 5.65 Å². The summed E-state index contributed by atoms with van der Waals surface area (Å²) < 4.78 is 10.1. The van der Waals surface area contributed by atoms with E-state index in [4.69, 9.17) is 9.72 Å². The van der Waals surface area contributed by atoms with Crippen molar-refractivity contribution in [2.24, 2.45) is 11.8 Å². The number of piperidine rings is 1. The predicted molar refractivity (Wildman–Crippen MR) is 165 cm³/mol. The van der Waals surface area contributed by atoms with E-state index in [-0.39, 0.29) is 12.0 Å². The number of rotatable bonds is 9. The first-order valence-electron chi connectivity index (χ1n) is 15.5. The van der Waals surface area contributed by atoms with Gasteiger partial charge in [0.1, 0.15) is 0 Å². The Morgan fingerprint density at radius 2 is 1.93 bits per heavy atom. The van der Waals surface area contributed by atoms with Gasteiger partial charge in [0.25, 0.3) is 0 Å². The van der Waals surface area contributed by atoms with Crippen molar-refractivity contribution in [2.45, 2.75) is 38.5 Å². The van der Waals surface area contributed by atoms with Gasteiger partial charge in [-0.1, -0.05) is 12.1 Å².